The zero-order chi connectivity index (χ0) is 24.5. The summed E-state index contributed by atoms with van der Waals surface area (Å²) in [6.07, 6.45) is 5.05. The van der Waals surface area contributed by atoms with Gasteiger partial charge in [0.25, 0.3) is 5.91 Å². The number of nitrogens with one attached hydrogen (secondary N) is 1. The first kappa shape index (κ1) is 23.6. The van der Waals surface area contributed by atoms with E-state index in [1.165, 1.54) is 13.5 Å². The molecule has 0 unspecified atom stereocenters. The summed E-state index contributed by atoms with van der Waals surface area (Å²) in [5, 5.41) is 3.44. The van der Waals surface area contributed by atoms with Crippen molar-refractivity contribution in [3.8, 4) is 0 Å². The molecule has 1 aromatic carbocycles. The first-order valence-electron chi connectivity index (χ1n) is 11.9. The number of ether oxygens (including phenoxy) is 1. The number of benzene rings is 1. The maximum absolute atomic E-state index is 13.8. The van der Waals surface area contributed by atoms with Crippen LogP contribution < -0.4 is 10.2 Å². The smallest absolute Gasteiger partial charge is 0.256 e. The Bertz CT molecular complexity index is 1250. The predicted octanol–water partition coefficient (Wildman–Crippen LogP) is 3.44. The summed E-state index contributed by atoms with van der Waals surface area (Å²) in [6, 6.07) is 7.32. The van der Waals surface area contributed by atoms with Gasteiger partial charge in [-0.3, -0.25) is 9.59 Å². The van der Waals surface area contributed by atoms with Gasteiger partial charge in [0.2, 0.25) is 5.91 Å². The number of carbonyl (C=O) groups is 2. The molecule has 1 N–H and O–H groups in total. The Balaban J connectivity index is 1.43. The van der Waals surface area contributed by atoms with Gasteiger partial charge in [-0.1, -0.05) is 18.0 Å². The Labute approximate surface area is 209 Å². The second-order valence-electron chi connectivity index (χ2n) is 9.14. The highest BCUT2D eigenvalue weighted by Crippen LogP contribution is 2.38. The summed E-state index contributed by atoms with van der Waals surface area (Å²) in [7, 11) is 3.45. The van der Waals surface area contributed by atoms with E-state index in [0.29, 0.717) is 48.4 Å². The molecule has 2 amide bonds. The second-order valence-corrected chi connectivity index (χ2v) is 9.58. The number of nitrogens with zero attached hydrogens (tertiary/aromatic N) is 5. The molecule has 1 saturated heterocycles. The van der Waals surface area contributed by atoms with E-state index < -0.39 is 0 Å². The fourth-order valence-corrected chi connectivity index (χ4v) is 4.94. The van der Waals surface area contributed by atoms with Crippen molar-refractivity contribution < 1.29 is 14.3 Å². The zero-order valence-corrected chi connectivity index (χ0v) is 20.7. The van der Waals surface area contributed by atoms with Gasteiger partial charge in [0.05, 0.1) is 21.6 Å². The molecule has 0 radical (unpaired) electrons. The van der Waals surface area contributed by atoms with Crippen molar-refractivity contribution in [2.24, 2.45) is 7.05 Å². The zero-order valence-electron chi connectivity index (χ0n) is 20.0. The molecule has 9 nitrogen and oxygen atoms in total. The molecule has 2 aromatic heterocycles. The maximum atomic E-state index is 13.8. The summed E-state index contributed by atoms with van der Waals surface area (Å²) < 4.78 is 7.00. The number of anilines is 2. The largest absolute Gasteiger partial charge is 0.375 e. The summed E-state index contributed by atoms with van der Waals surface area (Å²) in [4.78, 5) is 39.2. The highest BCUT2D eigenvalue weighted by atomic mass is 35.5. The third kappa shape index (κ3) is 4.70. The minimum atomic E-state index is -0.274. The summed E-state index contributed by atoms with van der Waals surface area (Å²) in [5.74, 6) is 1.93. The van der Waals surface area contributed by atoms with Crippen LogP contribution in [0.1, 0.15) is 41.4 Å². The lowest BCUT2D eigenvalue weighted by atomic mass is 9.85. The quantitative estimate of drug-likeness (QED) is 0.562. The molecule has 35 heavy (non-hydrogen) atoms. The average molecular weight is 497 g/mol. The van der Waals surface area contributed by atoms with Crippen molar-refractivity contribution >= 4 is 46.0 Å². The van der Waals surface area contributed by atoms with Gasteiger partial charge in [0.15, 0.2) is 0 Å². The highest BCUT2D eigenvalue weighted by Gasteiger charge is 2.29. The van der Waals surface area contributed by atoms with Crippen LogP contribution >= 0.6 is 11.6 Å². The highest BCUT2D eigenvalue weighted by molar-refractivity contribution is 6.30. The monoisotopic (exact) mass is 496 g/mol. The Morgan fingerprint density at radius 3 is 2.57 bits per heavy atom. The summed E-state index contributed by atoms with van der Waals surface area (Å²) in [6.45, 7) is 2.42. The lowest BCUT2D eigenvalue weighted by Crippen LogP contribution is -2.49. The van der Waals surface area contributed by atoms with Crippen LogP contribution in [-0.4, -0.2) is 71.1 Å². The van der Waals surface area contributed by atoms with E-state index in [1.54, 1.807) is 12.3 Å². The Kier molecular flexibility index (Phi) is 6.62. The molecule has 10 heteroatoms. The standard InChI is InChI=1S/C25H29ClN6O3/c1-30-23-19(25(34)32-10-8-31(9-11-32)21-7-6-17(26)14-27-21)12-18(28-22(33)15-35-2)13-20(23)29-24(30)16-4-3-5-16/h6-7,12-14,16H,3-5,8-11,15H2,1-2H3,(H,28,33). The van der Waals surface area contributed by atoms with E-state index in [0.717, 1.165) is 35.5 Å². The Morgan fingerprint density at radius 2 is 1.94 bits per heavy atom. The number of aromatic nitrogens is 3. The molecule has 0 bridgehead atoms. The number of aryl methyl sites for hydroxylation is 1. The van der Waals surface area contributed by atoms with E-state index >= 15 is 0 Å². The number of hydrogen-bond acceptors (Lipinski definition) is 6. The van der Waals surface area contributed by atoms with E-state index in [4.69, 9.17) is 21.3 Å². The number of piperazine rings is 1. The maximum Gasteiger partial charge on any atom is 0.256 e. The topological polar surface area (TPSA) is 92.6 Å². The van der Waals surface area contributed by atoms with E-state index in [2.05, 4.69) is 19.8 Å². The molecule has 1 aliphatic heterocycles. The number of methoxy groups -OCH3 is 1. The first-order chi connectivity index (χ1) is 16.9. The number of carbonyl (C=O) groups excluding carboxylic acids is 2. The van der Waals surface area contributed by atoms with Crippen LogP contribution in [0.3, 0.4) is 0 Å². The van der Waals surface area contributed by atoms with Gasteiger partial charge in [-0.25, -0.2) is 9.97 Å². The number of halogens is 1. The van der Waals surface area contributed by atoms with Crippen LogP contribution in [0.15, 0.2) is 30.5 Å². The number of hydrogen-bond donors (Lipinski definition) is 1. The van der Waals surface area contributed by atoms with Crippen molar-refractivity contribution in [3.05, 3.63) is 46.9 Å². The van der Waals surface area contributed by atoms with Crippen molar-refractivity contribution in [2.75, 3.05) is 50.1 Å². The van der Waals surface area contributed by atoms with Gasteiger partial charge in [-0.2, -0.15) is 0 Å². The van der Waals surface area contributed by atoms with Gasteiger partial charge in [0, 0.05) is 58.1 Å². The molecule has 2 fully saturated rings. The van der Waals surface area contributed by atoms with E-state index in [1.807, 2.05) is 30.1 Å². The Hall–Kier alpha value is -3.17. The molecule has 5 rings (SSSR count). The molecule has 0 spiro atoms. The molecule has 1 aliphatic carbocycles. The fourth-order valence-electron chi connectivity index (χ4n) is 4.83. The van der Waals surface area contributed by atoms with Gasteiger partial charge in [-0.05, 0) is 37.1 Å². The SMILES string of the molecule is COCC(=O)Nc1cc(C(=O)N2CCN(c3ccc(Cl)cn3)CC2)c2c(c1)nc(C1CCC1)n2C. The van der Waals surface area contributed by atoms with E-state index in [9.17, 15) is 9.59 Å². The normalized spacial score (nSPS) is 16.4. The minimum absolute atomic E-state index is 0.0580. The van der Waals surface area contributed by atoms with Crippen LogP contribution in [0.5, 0.6) is 0 Å². The lowest BCUT2D eigenvalue weighted by Gasteiger charge is -2.35. The number of amides is 2. The van der Waals surface area contributed by atoms with Crippen molar-refractivity contribution in [1.82, 2.24) is 19.4 Å². The van der Waals surface area contributed by atoms with Crippen LogP contribution in [0.2, 0.25) is 5.02 Å². The fraction of sp³-hybridized carbons (Fsp3) is 0.440. The molecule has 1 saturated carbocycles. The molecular weight excluding hydrogens is 468 g/mol. The van der Waals surface area contributed by atoms with Gasteiger partial charge in [0.1, 0.15) is 18.2 Å². The second kappa shape index (κ2) is 9.83. The molecule has 0 atom stereocenters. The third-order valence-electron chi connectivity index (χ3n) is 6.87. The van der Waals surface area contributed by atoms with Crippen LogP contribution in [0.25, 0.3) is 11.0 Å². The molecule has 3 aromatic rings. The number of rotatable bonds is 6. The van der Waals surface area contributed by atoms with Crippen molar-refractivity contribution in [3.63, 3.8) is 0 Å². The lowest BCUT2D eigenvalue weighted by molar-refractivity contribution is -0.119. The predicted molar refractivity (Wildman–Crippen MR) is 135 cm³/mol. The summed E-state index contributed by atoms with van der Waals surface area (Å²) in [5.41, 5.74) is 2.62. The van der Waals surface area contributed by atoms with Crippen molar-refractivity contribution in [1.29, 1.82) is 0 Å². The molecule has 3 heterocycles. The molecular formula is C25H29ClN6O3. The first-order valence-corrected chi connectivity index (χ1v) is 12.3. The summed E-state index contributed by atoms with van der Waals surface area (Å²) >= 11 is 5.97. The molecule has 2 aliphatic rings. The number of fused-ring (bicyclic) bond motifs is 1. The minimum Gasteiger partial charge on any atom is -0.375 e. The molecule has 184 valence electrons. The average Bonchev–Trinajstić information content (AvgIpc) is 3.13. The van der Waals surface area contributed by atoms with Crippen molar-refractivity contribution in [2.45, 2.75) is 25.2 Å². The van der Waals surface area contributed by atoms with Gasteiger partial charge in [-0.15, -0.1) is 0 Å². The van der Waals surface area contributed by atoms with Crippen LogP contribution in [-0.2, 0) is 16.6 Å². The van der Waals surface area contributed by atoms with Gasteiger partial charge >= 0.3 is 0 Å². The number of pyridine rings is 1. The van der Waals surface area contributed by atoms with E-state index in [-0.39, 0.29) is 18.4 Å². The Morgan fingerprint density at radius 1 is 1.17 bits per heavy atom. The number of imidazole rings is 1. The van der Waals surface area contributed by atoms with Gasteiger partial charge < -0.3 is 24.4 Å². The van der Waals surface area contributed by atoms with Crippen LogP contribution in [0, 0.1) is 0 Å². The third-order valence-corrected chi connectivity index (χ3v) is 7.09. The van der Waals surface area contributed by atoms with Crippen LogP contribution in [0.4, 0.5) is 11.5 Å².